The number of fused-ring (bicyclic) bond motifs is 1. The molecule has 3 heteroatoms. The Morgan fingerprint density at radius 2 is 1.88 bits per heavy atom. The third-order valence-electron chi connectivity index (χ3n) is 4.61. The Hall–Kier alpha value is -2.68. The molecule has 0 saturated heterocycles. The van der Waals surface area contributed by atoms with E-state index in [0.29, 0.717) is 5.82 Å². The molecule has 1 aromatic heterocycles. The molecule has 0 spiro atoms. The third kappa shape index (κ3) is 2.90. The van der Waals surface area contributed by atoms with Crippen LogP contribution in [0.4, 0.5) is 5.82 Å². The van der Waals surface area contributed by atoms with Gasteiger partial charge in [0.1, 0.15) is 5.82 Å². The number of pyridine rings is 1. The molecule has 120 valence electrons. The van der Waals surface area contributed by atoms with Crippen LogP contribution in [0.1, 0.15) is 24.0 Å². The maximum atomic E-state index is 11.9. The number of carbonyl (C=O) groups is 1. The summed E-state index contributed by atoms with van der Waals surface area (Å²) in [6, 6.07) is 14.8. The number of nitrogens with one attached hydrogen (secondary N) is 1. The van der Waals surface area contributed by atoms with E-state index in [0.717, 1.165) is 23.6 Å². The molecule has 1 fully saturated rings. The number of nitrogens with zero attached hydrogens (tertiary/aromatic N) is 1. The van der Waals surface area contributed by atoms with Gasteiger partial charge in [0, 0.05) is 17.5 Å². The number of carbonyl (C=O) groups excluding carboxylic acids is 1. The third-order valence-corrected chi connectivity index (χ3v) is 4.61. The summed E-state index contributed by atoms with van der Waals surface area (Å²) in [5.74, 6) is 0.918. The molecule has 1 heterocycles. The summed E-state index contributed by atoms with van der Waals surface area (Å²) < 4.78 is 0. The molecule has 1 aliphatic carbocycles. The minimum Gasteiger partial charge on any atom is -0.310 e. The van der Waals surface area contributed by atoms with Crippen LogP contribution in [0.5, 0.6) is 0 Å². The summed E-state index contributed by atoms with van der Waals surface area (Å²) in [5, 5.41) is 5.08. The predicted octanol–water partition coefficient (Wildman–Crippen LogP) is 4.87. The molecular formula is C21H20N2O. The maximum Gasteiger partial charge on any atom is 0.228 e. The molecular weight excluding hydrogens is 296 g/mol. The first-order valence-electron chi connectivity index (χ1n) is 8.38. The van der Waals surface area contributed by atoms with Crippen LogP contribution >= 0.6 is 0 Å². The quantitative estimate of drug-likeness (QED) is 0.749. The number of amides is 1. The van der Waals surface area contributed by atoms with E-state index in [2.05, 4.69) is 60.5 Å². The lowest BCUT2D eigenvalue weighted by molar-refractivity contribution is -0.117. The molecule has 3 aromatic rings. The fourth-order valence-corrected chi connectivity index (χ4v) is 3.09. The second-order valence-electron chi connectivity index (χ2n) is 6.71. The number of aryl methyl sites for hydroxylation is 2. The van der Waals surface area contributed by atoms with E-state index in [4.69, 9.17) is 0 Å². The molecule has 0 atom stereocenters. The Bertz CT molecular complexity index is 942. The number of rotatable bonds is 3. The highest BCUT2D eigenvalue weighted by molar-refractivity contribution is 5.96. The zero-order chi connectivity index (χ0) is 16.7. The fourth-order valence-electron chi connectivity index (χ4n) is 3.09. The lowest BCUT2D eigenvalue weighted by Crippen LogP contribution is -2.14. The summed E-state index contributed by atoms with van der Waals surface area (Å²) >= 11 is 0. The van der Waals surface area contributed by atoms with Gasteiger partial charge in [0.15, 0.2) is 0 Å². The van der Waals surface area contributed by atoms with E-state index < -0.39 is 0 Å². The number of hydrogen-bond donors (Lipinski definition) is 1. The van der Waals surface area contributed by atoms with Gasteiger partial charge in [0.25, 0.3) is 0 Å². The van der Waals surface area contributed by atoms with Gasteiger partial charge in [-0.05, 0) is 60.9 Å². The van der Waals surface area contributed by atoms with Crippen LogP contribution in [-0.2, 0) is 4.79 Å². The van der Waals surface area contributed by atoms with Crippen LogP contribution in [0.2, 0.25) is 0 Å². The summed E-state index contributed by atoms with van der Waals surface area (Å²) in [6.07, 6.45) is 3.84. The Kier molecular flexibility index (Phi) is 3.57. The van der Waals surface area contributed by atoms with Gasteiger partial charge in [-0.15, -0.1) is 0 Å². The van der Waals surface area contributed by atoms with E-state index >= 15 is 0 Å². The number of aromatic nitrogens is 1. The first-order chi connectivity index (χ1) is 11.6. The van der Waals surface area contributed by atoms with Crippen LogP contribution in [0.3, 0.4) is 0 Å². The molecule has 1 N–H and O–H groups in total. The Morgan fingerprint density at radius 3 is 2.62 bits per heavy atom. The van der Waals surface area contributed by atoms with Crippen molar-refractivity contribution in [2.75, 3.05) is 5.32 Å². The molecule has 0 radical (unpaired) electrons. The molecule has 3 nitrogen and oxygen atoms in total. The normalized spacial score (nSPS) is 13.9. The van der Waals surface area contributed by atoms with E-state index in [1.54, 1.807) is 0 Å². The van der Waals surface area contributed by atoms with Crippen molar-refractivity contribution in [1.29, 1.82) is 0 Å². The van der Waals surface area contributed by atoms with Crippen molar-refractivity contribution < 1.29 is 4.79 Å². The maximum absolute atomic E-state index is 11.9. The van der Waals surface area contributed by atoms with E-state index in [1.807, 2.05) is 12.3 Å². The SMILES string of the molecule is Cc1ccc(-c2ccc3cc(NC(=O)C4CC4)ncc3c2)c(C)c1. The molecule has 2 aromatic carbocycles. The molecule has 0 aliphatic heterocycles. The van der Waals surface area contributed by atoms with Crippen molar-refractivity contribution >= 4 is 22.5 Å². The topological polar surface area (TPSA) is 42.0 Å². The smallest absolute Gasteiger partial charge is 0.228 e. The van der Waals surface area contributed by atoms with Crippen LogP contribution < -0.4 is 5.32 Å². The van der Waals surface area contributed by atoms with Gasteiger partial charge in [-0.1, -0.05) is 35.9 Å². The van der Waals surface area contributed by atoms with Crippen molar-refractivity contribution in [3.8, 4) is 11.1 Å². The standard InChI is InChI=1S/C21H20N2O/c1-13-3-8-19(14(2)9-13)17-7-6-16-11-20(22-12-18(16)10-17)23-21(24)15-4-5-15/h3,6-12,15H,4-5H2,1-2H3,(H,22,23,24). The zero-order valence-corrected chi connectivity index (χ0v) is 14.0. The highest BCUT2D eigenvalue weighted by Crippen LogP contribution is 2.31. The van der Waals surface area contributed by atoms with Crippen molar-refractivity contribution in [2.45, 2.75) is 26.7 Å². The Balaban J connectivity index is 1.67. The van der Waals surface area contributed by atoms with Crippen LogP contribution in [0, 0.1) is 19.8 Å². The summed E-state index contributed by atoms with van der Waals surface area (Å²) in [6.45, 7) is 4.25. The highest BCUT2D eigenvalue weighted by atomic mass is 16.2. The summed E-state index contributed by atoms with van der Waals surface area (Å²) in [4.78, 5) is 16.3. The van der Waals surface area contributed by atoms with Gasteiger partial charge in [0.2, 0.25) is 5.91 Å². The fraction of sp³-hybridized carbons (Fsp3) is 0.238. The lowest BCUT2D eigenvalue weighted by atomic mass is 9.97. The van der Waals surface area contributed by atoms with E-state index in [1.165, 1.54) is 22.3 Å². The average Bonchev–Trinajstić information content (AvgIpc) is 3.39. The van der Waals surface area contributed by atoms with Gasteiger partial charge in [-0.2, -0.15) is 0 Å². The van der Waals surface area contributed by atoms with Crippen molar-refractivity contribution in [3.63, 3.8) is 0 Å². The van der Waals surface area contributed by atoms with Gasteiger partial charge in [0.05, 0.1) is 0 Å². The van der Waals surface area contributed by atoms with Gasteiger partial charge in [-0.3, -0.25) is 4.79 Å². The highest BCUT2D eigenvalue weighted by Gasteiger charge is 2.29. The second-order valence-corrected chi connectivity index (χ2v) is 6.71. The summed E-state index contributed by atoms with van der Waals surface area (Å²) in [7, 11) is 0. The monoisotopic (exact) mass is 316 g/mol. The Morgan fingerprint density at radius 1 is 1.04 bits per heavy atom. The molecule has 0 bridgehead atoms. The van der Waals surface area contributed by atoms with E-state index in [-0.39, 0.29) is 11.8 Å². The minimum absolute atomic E-state index is 0.0914. The van der Waals surface area contributed by atoms with Gasteiger partial charge < -0.3 is 5.32 Å². The van der Waals surface area contributed by atoms with E-state index in [9.17, 15) is 4.79 Å². The largest absolute Gasteiger partial charge is 0.310 e. The summed E-state index contributed by atoms with van der Waals surface area (Å²) in [5.41, 5.74) is 4.98. The number of anilines is 1. The van der Waals surface area contributed by atoms with Gasteiger partial charge in [-0.25, -0.2) is 4.98 Å². The average molecular weight is 316 g/mol. The van der Waals surface area contributed by atoms with Crippen molar-refractivity contribution in [1.82, 2.24) is 4.98 Å². The van der Waals surface area contributed by atoms with Crippen LogP contribution in [0.15, 0.2) is 48.7 Å². The van der Waals surface area contributed by atoms with Crippen LogP contribution in [0.25, 0.3) is 21.9 Å². The molecule has 4 rings (SSSR count). The first kappa shape index (κ1) is 14.9. The molecule has 1 amide bonds. The van der Waals surface area contributed by atoms with Crippen molar-refractivity contribution in [2.24, 2.45) is 5.92 Å². The molecule has 24 heavy (non-hydrogen) atoms. The zero-order valence-electron chi connectivity index (χ0n) is 14.0. The first-order valence-corrected chi connectivity index (χ1v) is 8.38. The van der Waals surface area contributed by atoms with Crippen LogP contribution in [-0.4, -0.2) is 10.9 Å². The minimum atomic E-state index is 0.0914. The van der Waals surface area contributed by atoms with Crippen molar-refractivity contribution in [3.05, 3.63) is 59.8 Å². The molecule has 0 unspecified atom stereocenters. The molecule has 1 saturated carbocycles. The molecule has 1 aliphatic rings. The number of hydrogen-bond acceptors (Lipinski definition) is 2. The van der Waals surface area contributed by atoms with Gasteiger partial charge >= 0.3 is 0 Å². The lowest BCUT2D eigenvalue weighted by Gasteiger charge is -2.09. The Labute approximate surface area is 141 Å². The predicted molar refractivity (Wildman–Crippen MR) is 98.0 cm³/mol. The second kappa shape index (κ2) is 5.75. The number of benzene rings is 2.